The highest BCUT2D eigenvalue weighted by Gasteiger charge is 2.28. The van der Waals surface area contributed by atoms with Gasteiger partial charge in [0, 0.05) is 0 Å². The Hall–Kier alpha value is -3.12. The number of carbonyl (C=O) groups excluding carboxylic acids is 1. The molecule has 0 unspecified atom stereocenters. The van der Waals surface area contributed by atoms with E-state index in [4.69, 9.17) is 0 Å². The van der Waals surface area contributed by atoms with Crippen LogP contribution in [0.2, 0.25) is 0 Å². The van der Waals surface area contributed by atoms with Gasteiger partial charge in [-0.3, -0.25) is 9.10 Å². The summed E-state index contributed by atoms with van der Waals surface area (Å²) in [6.45, 7) is 7.86. The normalized spacial score (nSPS) is 12.4. The molecule has 5 nitrogen and oxygen atoms in total. The molecule has 0 aromatic heterocycles. The van der Waals surface area contributed by atoms with Crippen LogP contribution in [-0.4, -0.2) is 20.9 Å². The van der Waals surface area contributed by atoms with Crippen molar-refractivity contribution in [3.8, 4) is 0 Å². The predicted octanol–water partition coefficient (Wildman–Crippen LogP) is 5.58. The van der Waals surface area contributed by atoms with Gasteiger partial charge in [-0.2, -0.15) is 0 Å². The molecule has 0 radical (unpaired) electrons. The van der Waals surface area contributed by atoms with Gasteiger partial charge in [0.1, 0.15) is 6.54 Å². The molecule has 0 heterocycles. The molecule has 0 saturated heterocycles. The third kappa shape index (κ3) is 6.02. The van der Waals surface area contributed by atoms with Crippen LogP contribution in [0.25, 0.3) is 0 Å². The van der Waals surface area contributed by atoms with Crippen LogP contribution in [-0.2, 0) is 14.8 Å². The molecule has 0 aliphatic heterocycles. The molecule has 0 aliphatic carbocycles. The number of hydrogen-bond acceptors (Lipinski definition) is 3. The molecule has 0 bridgehead atoms. The van der Waals surface area contributed by atoms with E-state index >= 15 is 0 Å². The minimum atomic E-state index is -3.92. The van der Waals surface area contributed by atoms with Crippen molar-refractivity contribution in [2.45, 2.75) is 51.0 Å². The van der Waals surface area contributed by atoms with Gasteiger partial charge in [0.05, 0.1) is 16.6 Å². The van der Waals surface area contributed by atoms with Gasteiger partial charge in [0.15, 0.2) is 0 Å². The quantitative estimate of drug-likeness (QED) is 0.449. The molecule has 3 aromatic rings. The summed E-state index contributed by atoms with van der Waals surface area (Å²) in [7, 11) is -3.92. The highest BCUT2D eigenvalue weighted by molar-refractivity contribution is 7.92. The molecule has 1 amide bonds. The maximum Gasteiger partial charge on any atom is 0.264 e. The van der Waals surface area contributed by atoms with Crippen molar-refractivity contribution in [3.63, 3.8) is 0 Å². The second-order valence-electron chi connectivity index (χ2n) is 8.51. The van der Waals surface area contributed by atoms with E-state index in [1.165, 1.54) is 4.31 Å². The summed E-state index contributed by atoms with van der Waals surface area (Å²) in [5.74, 6) is -0.0313. The molecule has 1 atom stereocenters. The number of nitrogens with zero attached hydrogens (tertiary/aromatic N) is 1. The van der Waals surface area contributed by atoms with E-state index in [0.29, 0.717) is 18.0 Å². The second kappa shape index (κ2) is 10.7. The van der Waals surface area contributed by atoms with Gasteiger partial charge in [-0.1, -0.05) is 80.9 Å². The van der Waals surface area contributed by atoms with Gasteiger partial charge in [-0.15, -0.1) is 0 Å². The lowest BCUT2D eigenvalue weighted by Crippen LogP contribution is -2.42. The van der Waals surface area contributed by atoms with E-state index in [-0.39, 0.29) is 23.4 Å². The zero-order valence-corrected chi connectivity index (χ0v) is 20.5. The largest absolute Gasteiger partial charge is 0.348 e. The molecule has 0 fully saturated rings. The van der Waals surface area contributed by atoms with Gasteiger partial charge in [0.2, 0.25) is 5.91 Å². The second-order valence-corrected chi connectivity index (χ2v) is 10.4. The standard InChI is InChI=1S/C27H32N2O3S/c1-5-26(23-13-11-21(4)12-14-23)28-27(30)19-29(24-17-15-22(16-18-24)20(2)3)33(31,32)25-9-7-6-8-10-25/h6-18,20,26H,5,19H2,1-4H3,(H,28,30)/t26-/m0/s1. The van der Waals surface area contributed by atoms with Crippen molar-refractivity contribution >= 4 is 21.6 Å². The fourth-order valence-corrected chi connectivity index (χ4v) is 5.09. The minimum Gasteiger partial charge on any atom is -0.348 e. The zero-order valence-electron chi connectivity index (χ0n) is 19.7. The van der Waals surface area contributed by atoms with Crippen molar-refractivity contribution in [1.82, 2.24) is 5.32 Å². The first-order valence-corrected chi connectivity index (χ1v) is 12.7. The lowest BCUT2D eigenvalue weighted by Gasteiger charge is -2.26. The van der Waals surface area contributed by atoms with Gasteiger partial charge < -0.3 is 5.32 Å². The Morgan fingerprint density at radius 1 is 0.879 bits per heavy atom. The Balaban J connectivity index is 1.90. The summed E-state index contributed by atoms with van der Waals surface area (Å²) in [5.41, 5.74) is 3.70. The first kappa shape index (κ1) is 24.5. The third-order valence-electron chi connectivity index (χ3n) is 5.69. The first-order chi connectivity index (χ1) is 15.7. The lowest BCUT2D eigenvalue weighted by atomic mass is 10.0. The smallest absolute Gasteiger partial charge is 0.264 e. The van der Waals surface area contributed by atoms with E-state index in [2.05, 4.69) is 19.2 Å². The van der Waals surface area contributed by atoms with Crippen LogP contribution in [0.3, 0.4) is 0 Å². The lowest BCUT2D eigenvalue weighted by molar-refractivity contribution is -0.120. The number of amides is 1. The van der Waals surface area contributed by atoms with Crippen LogP contribution in [0.15, 0.2) is 83.8 Å². The number of anilines is 1. The van der Waals surface area contributed by atoms with Crippen LogP contribution in [0, 0.1) is 6.92 Å². The SMILES string of the molecule is CC[C@H](NC(=O)CN(c1ccc(C(C)C)cc1)S(=O)(=O)c1ccccc1)c1ccc(C)cc1. The van der Waals surface area contributed by atoms with E-state index in [1.54, 1.807) is 42.5 Å². The summed E-state index contributed by atoms with van der Waals surface area (Å²) in [6, 6.07) is 23.4. The first-order valence-electron chi connectivity index (χ1n) is 11.3. The van der Waals surface area contributed by atoms with E-state index < -0.39 is 10.0 Å². The van der Waals surface area contributed by atoms with Crippen LogP contribution in [0.4, 0.5) is 5.69 Å². The van der Waals surface area contributed by atoms with Gasteiger partial charge in [-0.05, 0) is 54.7 Å². The summed E-state index contributed by atoms with van der Waals surface area (Å²) >= 11 is 0. The summed E-state index contributed by atoms with van der Waals surface area (Å²) in [4.78, 5) is 13.2. The minimum absolute atomic E-state index is 0.149. The number of aryl methyl sites for hydroxylation is 1. The number of carbonyl (C=O) groups is 1. The topological polar surface area (TPSA) is 66.5 Å². The number of nitrogens with one attached hydrogen (secondary N) is 1. The van der Waals surface area contributed by atoms with Crippen molar-refractivity contribution in [2.24, 2.45) is 0 Å². The van der Waals surface area contributed by atoms with Crippen LogP contribution in [0.5, 0.6) is 0 Å². The third-order valence-corrected chi connectivity index (χ3v) is 7.48. The van der Waals surface area contributed by atoms with E-state index in [9.17, 15) is 13.2 Å². The highest BCUT2D eigenvalue weighted by atomic mass is 32.2. The van der Waals surface area contributed by atoms with Crippen molar-refractivity contribution in [3.05, 3.63) is 95.6 Å². The van der Waals surface area contributed by atoms with E-state index in [0.717, 1.165) is 16.7 Å². The summed E-state index contributed by atoms with van der Waals surface area (Å²) in [6.07, 6.45) is 0.698. The van der Waals surface area contributed by atoms with Crippen molar-refractivity contribution < 1.29 is 13.2 Å². The predicted molar refractivity (Wildman–Crippen MR) is 134 cm³/mol. The molecule has 33 heavy (non-hydrogen) atoms. The van der Waals surface area contributed by atoms with Crippen molar-refractivity contribution in [1.29, 1.82) is 0 Å². The molecule has 174 valence electrons. The average Bonchev–Trinajstić information content (AvgIpc) is 2.82. The number of benzene rings is 3. The molecule has 3 rings (SSSR count). The maximum absolute atomic E-state index is 13.5. The molecule has 0 aliphatic rings. The van der Waals surface area contributed by atoms with E-state index in [1.807, 2.05) is 50.2 Å². The number of hydrogen-bond donors (Lipinski definition) is 1. The molecule has 6 heteroatoms. The Morgan fingerprint density at radius 2 is 1.45 bits per heavy atom. The highest BCUT2D eigenvalue weighted by Crippen LogP contribution is 2.26. The molecule has 0 spiro atoms. The Bertz CT molecular complexity index is 1160. The molecular weight excluding hydrogens is 432 g/mol. The monoisotopic (exact) mass is 464 g/mol. The Labute approximate surface area is 197 Å². The Kier molecular flexibility index (Phi) is 7.92. The van der Waals surface area contributed by atoms with Crippen LogP contribution >= 0.6 is 0 Å². The zero-order chi connectivity index (χ0) is 24.0. The fraction of sp³-hybridized carbons (Fsp3) is 0.296. The van der Waals surface area contributed by atoms with Gasteiger partial charge in [-0.25, -0.2) is 8.42 Å². The summed E-state index contributed by atoms with van der Waals surface area (Å²) in [5, 5.41) is 3.01. The fourth-order valence-electron chi connectivity index (χ4n) is 3.65. The van der Waals surface area contributed by atoms with Gasteiger partial charge >= 0.3 is 0 Å². The summed E-state index contributed by atoms with van der Waals surface area (Å²) < 4.78 is 28.2. The van der Waals surface area contributed by atoms with Crippen molar-refractivity contribution in [2.75, 3.05) is 10.8 Å². The van der Waals surface area contributed by atoms with Crippen LogP contribution < -0.4 is 9.62 Å². The number of sulfonamides is 1. The molecular formula is C27H32N2O3S. The average molecular weight is 465 g/mol. The molecule has 0 saturated carbocycles. The molecule has 1 N–H and O–H groups in total. The Morgan fingerprint density at radius 3 is 2.00 bits per heavy atom. The maximum atomic E-state index is 13.5. The number of rotatable bonds is 9. The van der Waals surface area contributed by atoms with Gasteiger partial charge in [0.25, 0.3) is 10.0 Å². The molecule has 3 aromatic carbocycles. The van der Waals surface area contributed by atoms with Crippen LogP contribution in [0.1, 0.15) is 55.8 Å².